The second kappa shape index (κ2) is 10.5. The van der Waals surface area contributed by atoms with Gasteiger partial charge < -0.3 is 31.3 Å². The molecule has 0 bridgehead atoms. The average Bonchev–Trinajstić information content (AvgIpc) is 2.62. The van der Waals surface area contributed by atoms with Crippen molar-refractivity contribution >= 4 is 18.0 Å². The minimum absolute atomic E-state index is 0.119. The molecule has 12 heteroatoms. The third kappa shape index (κ3) is 8.22. The first-order valence-electron chi connectivity index (χ1n) is 8.02. The molecule has 0 aliphatic carbocycles. The van der Waals surface area contributed by atoms with Gasteiger partial charge in [0, 0.05) is 6.54 Å². The van der Waals surface area contributed by atoms with Gasteiger partial charge in [-0.2, -0.15) is 13.2 Å². The number of carboxylic acids is 1. The standard InChI is InChI=1S/C14H19N3O4.C2HF3O2/c15-7-9-1-3-10(4-2-9)8-21-14(20)16-11-5-6-12(18)17-13(11)19;3-2(4,5)1(6)7/h1-4,11-12,18H,5-8,15H2,(H,16,20)(H,17,19);(H,6,7). The lowest BCUT2D eigenvalue weighted by molar-refractivity contribution is -0.192. The third-order valence-corrected chi connectivity index (χ3v) is 3.52. The maximum atomic E-state index is 11.6. The van der Waals surface area contributed by atoms with Gasteiger partial charge in [-0.05, 0) is 24.0 Å². The summed E-state index contributed by atoms with van der Waals surface area (Å²) in [5, 5.41) is 21.2. The summed E-state index contributed by atoms with van der Waals surface area (Å²) >= 11 is 0. The topological polar surface area (TPSA) is 151 Å². The first-order valence-corrected chi connectivity index (χ1v) is 8.02. The zero-order valence-electron chi connectivity index (χ0n) is 14.5. The Morgan fingerprint density at radius 3 is 2.21 bits per heavy atom. The fourth-order valence-corrected chi connectivity index (χ4v) is 2.03. The highest BCUT2D eigenvalue weighted by Crippen LogP contribution is 2.13. The van der Waals surface area contributed by atoms with Crippen molar-refractivity contribution < 1.29 is 42.5 Å². The molecule has 2 amide bonds. The molecule has 1 saturated heterocycles. The molecule has 0 saturated carbocycles. The Morgan fingerprint density at radius 1 is 1.21 bits per heavy atom. The fraction of sp³-hybridized carbons (Fsp3) is 0.438. The molecule has 1 heterocycles. The van der Waals surface area contributed by atoms with Crippen molar-refractivity contribution in [3.8, 4) is 0 Å². The molecule has 28 heavy (non-hydrogen) atoms. The van der Waals surface area contributed by atoms with Gasteiger partial charge in [-0.1, -0.05) is 24.3 Å². The Hall–Kier alpha value is -2.86. The van der Waals surface area contributed by atoms with Crippen LogP contribution in [0.2, 0.25) is 0 Å². The van der Waals surface area contributed by atoms with Crippen molar-refractivity contribution in [3.63, 3.8) is 0 Å². The number of piperidine rings is 1. The highest BCUT2D eigenvalue weighted by Gasteiger charge is 2.38. The van der Waals surface area contributed by atoms with Crippen LogP contribution in [0.4, 0.5) is 18.0 Å². The van der Waals surface area contributed by atoms with Crippen LogP contribution in [-0.2, 0) is 27.5 Å². The smallest absolute Gasteiger partial charge is 0.475 e. The molecule has 1 aliphatic rings. The van der Waals surface area contributed by atoms with Gasteiger partial charge in [-0.25, -0.2) is 9.59 Å². The van der Waals surface area contributed by atoms with Crippen LogP contribution in [0, 0.1) is 0 Å². The number of alkyl carbamates (subject to hydrolysis) is 1. The molecule has 6 N–H and O–H groups in total. The summed E-state index contributed by atoms with van der Waals surface area (Å²) in [5.74, 6) is -3.16. The number of carbonyl (C=O) groups excluding carboxylic acids is 2. The SMILES string of the molecule is NCc1ccc(COC(=O)NC2CCC(O)NC2=O)cc1.O=C(O)C(F)(F)F. The molecular weight excluding hydrogens is 387 g/mol. The number of rotatable bonds is 4. The van der Waals surface area contributed by atoms with E-state index in [4.69, 9.17) is 20.4 Å². The van der Waals surface area contributed by atoms with Crippen molar-refractivity contribution in [1.29, 1.82) is 0 Å². The summed E-state index contributed by atoms with van der Waals surface area (Å²) in [7, 11) is 0. The van der Waals surface area contributed by atoms with Gasteiger partial charge in [0.2, 0.25) is 5.91 Å². The summed E-state index contributed by atoms with van der Waals surface area (Å²) < 4.78 is 36.8. The van der Waals surface area contributed by atoms with Crippen molar-refractivity contribution in [2.45, 2.75) is 44.4 Å². The lowest BCUT2D eigenvalue weighted by Gasteiger charge is -2.26. The second-order valence-corrected chi connectivity index (χ2v) is 5.70. The number of nitrogens with two attached hydrogens (primary N) is 1. The Labute approximate surface area is 157 Å². The molecular formula is C16H20F3N3O6. The molecule has 0 aromatic heterocycles. The van der Waals surface area contributed by atoms with Gasteiger partial charge in [-0.3, -0.25) is 4.79 Å². The van der Waals surface area contributed by atoms with Gasteiger partial charge in [0.1, 0.15) is 18.9 Å². The molecule has 1 aromatic carbocycles. The summed E-state index contributed by atoms with van der Waals surface area (Å²) in [6.45, 7) is 0.581. The predicted molar refractivity (Wildman–Crippen MR) is 88.5 cm³/mol. The summed E-state index contributed by atoms with van der Waals surface area (Å²) in [6, 6.07) is 6.73. The van der Waals surface area contributed by atoms with Gasteiger partial charge >= 0.3 is 18.2 Å². The normalized spacial score (nSPS) is 19.0. The fourth-order valence-electron chi connectivity index (χ4n) is 2.03. The Balaban J connectivity index is 0.000000480. The van der Waals surface area contributed by atoms with E-state index in [9.17, 15) is 27.9 Å². The minimum atomic E-state index is -5.08. The molecule has 0 radical (unpaired) electrons. The number of ether oxygens (including phenoxy) is 1. The minimum Gasteiger partial charge on any atom is -0.475 e. The van der Waals surface area contributed by atoms with E-state index in [0.29, 0.717) is 19.4 Å². The zero-order chi connectivity index (χ0) is 21.3. The number of alkyl halides is 3. The highest BCUT2D eigenvalue weighted by molar-refractivity contribution is 5.86. The maximum absolute atomic E-state index is 11.6. The molecule has 1 fully saturated rings. The molecule has 9 nitrogen and oxygen atoms in total. The summed E-state index contributed by atoms with van der Waals surface area (Å²) in [5.41, 5.74) is 7.34. The number of hydrogen-bond donors (Lipinski definition) is 5. The second-order valence-electron chi connectivity index (χ2n) is 5.70. The number of carboxylic acid groups (broad SMARTS) is 1. The van der Waals surface area contributed by atoms with Crippen LogP contribution in [0.3, 0.4) is 0 Å². The van der Waals surface area contributed by atoms with Gasteiger partial charge in [-0.15, -0.1) is 0 Å². The van der Waals surface area contributed by atoms with Crippen LogP contribution in [0.15, 0.2) is 24.3 Å². The van der Waals surface area contributed by atoms with Crippen LogP contribution >= 0.6 is 0 Å². The lowest BCUT2D eigenvalue weighted by atomic mass is 10.1. The summed E-state index contributed by atoms with van der Waals surface area (Å²) in [4.78, 5) is 32.1. The Bertz CT molecular complexity index is 681. The van der Waals surface area contributed by atoms with Crippen LogP contribution in [0.1, 0.15) is 24.0 Å². The Morgan fingerprint density at radius 2 is 1.75 bits per heavy atom. The number of hydrogen-bond acceptors (Lipinski definition) is 6. The molecule has 1 aliphatic heterocycles. The summed E-state index contributed by atoms with van der Waals surface area (Å²) in [6.07, 6.45) is -5.80. The number of benzene rings is 1. The largest absolute Gasteiger partial charge is 0.490 e. The van der Waals surface area contributed by atoms with Crippen molar-refractivity contribution in [2.75, 3.05) is 0 Å². The van der Waals surface area contributed by atoms with Crippen LogP contribution in [0.25, 0.3) is 0 Å². The number of nitrogens with one attached hydrogen (secondary N) is 2. The van der Waals surface area contributed by atoms with Crippen molar-refractivity contribution in [3.05, 3.63) is 35.4 Å². The van der Waals surface area contributed by atoms with E-state index in [0.717, 1.165) is 11.1 Å². The van der Waals surface area contributed by atoms with Gasteiger partial charge in [0.25, 0.3) is 0 Å². The number of carbonyl (C=O) groups is 3. The quantitative estimate of drug-likeness (QED) is 0.490. The van der Waals surface area contributed by atoms with E-state index in [1.54, 1.807) is 0 Å². The van der Waals surface area contributed by atoms with Crippen molar-refractivity contribution in [2.24, 2.45) is 5.73 Å². The number of aliphatic carboxylic acids is 1. The molecule has 156 valence electrons. The van der Waals surface area contributed by atoms with Crippen molar-refractivity contribution in [1.82, 2.24) is 10.6 Å². The monoisotopic (exact) mass is 407 g/mol. The number of aliphatic hydroxyl groups is 1. The average molecular weight is 407 g/mol. The van der Waals surface area contributed by atoms with Crippen LogP contribution in [-0.4, -0.2) is 46.6 Å². The van der Waals surface area contributed by atoms with Gasteiger partial charge in [0.05, 0.1) is 0 Å². The van der Waals surface area contributed by atoms with E-state index in [1.165, 1.54) is 0 Å². The first kappa shape index (κ1) is 23.2. The number of aliphatic hydroxyl groups excluding tert-OH is 1. The van der Waals surface area contributed by atoms with Gasteiger partial charge in [0.15, 0.2) is 0 Å². The molecule has 2 rings (SSSR count). The maximum Gasteiger partial charge on any atom is 0.490 e. The van der Waals surface area contributed by atoms with E-state index in [1.807, 2.05) is 24.3 Å². The third-order valence-electron chi connectivity index (χ3n) is 3.52. The molecule has 0 spiro atoms. The zero-order valence-corrected chi connectivity index (χ0v) is 14.5. The van der Waals surface area contributed by atoms with E-state index in [-0.39, 0.29) is 6.61 Å². The first-order chi connectivity index (χ1) is 13.0. The van der Waals surface area contributed by atoms with Crippen LogP contribution < -0.4 is 16.4 Å². The predicted octanol–water partition coefficient (Wildman–Crippen LogP) is 0.602. The number of amides is 2. The highest BCUT2D eigenvalue weighted by atomic mass is 19.4. The number of halogens is 3. The molecule has 2 atom stereocenters. The van der Waals surface area contributed by atoms with Crippen LogP contribution in [0.5, 0.6) is 0 Å². The molecule has 2 unspecified atom stereocenters. The Kier molecular flexibility index (Phi) is 8.67. The van der Waals surface area contributed by atoms with E-state index < -0.39 is 36.4 Å². The van der Waals surface area contributed by atoms with E-state index >= 15 is 0 Å². The van der Waals surface area contributed by atoms with E-state index in [2.05, 4.69) is 10.6 Å². The lowest BCUT2D eigenvalue weighted by Crippen LogP contribution is -2.53. The molecule has 1 aromatic rings.